The summed E-state index contributed by atoms with van der Waals surface area (Å²) in [5.74, 6) is -0.601. The summed E-state index contributed by atoms with van der Waals surface area (Å²) < 4.78 is 45.1. The van der Waals surface area contributed by atoms with E-state index in [4.69, 9.17) is 56.0 Å². The van der Waals surface area contributed by atoms with Gasteiger partial charge in [0, 0.05) is 40.2 Å². The molecule has 23 nitrogen and oxygen atoms in total. The number of fused-ring (bicyclic) bond motifs is 4. The number of pyridine rings is 2. The number of nitrogens with zero attached hydrogens (tertiary/aromatic N) is 22. The van der Waals surface area contributed by atoms with Crippen molar-refractivity contribution in [3.8, 4) is 123 Å². The van der Waals surface area contributed by atoms with E-state index in [0.717, 1.165) is 17.7 Å². The van der Waals surface area contributed by atoms with Crippen molar-refractivity contribution in [3.63, 3.8) is 0 Å². The second-order valence-corrected chi connectivity index (χ2v) is 32.4. The first-order chi connectivity index (χ1) is 71.0. The molecule has 0 aliphatic heterocycles. The van der Waals surface area contributed by atoms with Crippen molar-refractivity contribution >= 4 is 112 Å². The zero-order valence-corrected chi connectivity index (χ0v) is 75.3. The van der Waals surface area contributed by atoms with Crippen molar-refractivity contribution in [3.05, 3.63) is 498 Å². The lowest BCUT2D eigenvalue weighted by atomic mass is 9.77. The van der Waals surface area contributed by atoms with Crippen LogP contribution in [0, 0.1) is 195 Å². The Bertz CT molecular complexity index is 9080. The monoisotopic (exact) mass is 1870 g/mol. The minimum absolute atomic E-state index is 0.00307. The summed E-state index contributed by atoms with van der Waals surface area (Å²) in [5, 5.41) is 128. The molecule has 0 atom stereocenters. The Kier molecular flexibility index (Phi) is 25.3. The third kappa shape index (κ3) is 16.6. The second-order valence-electron chi connectivity index (χ2n) is 32.4. The molecule has 12 aromatic carbocycles. The summed E-state index contributed by atoms with van der Waals surface area (Å²) in [6.07, 6.45) is -1.99. The zero-order chi connectivity index (χ0) is 103. The third-order valence-corrected chi connectivity index (χ3v) is 24.4. The van der Waals surface area contributed by atoms with Crippen LogP contribution in [0.4, 0.5) is 35.9 Å². The van der Waals surface area contributed by atoms with Gasteiger partial charge < -0.3 is 4.74 Å². The Morgan fingerprint density at radius 3 is 0.904 bits per heavy atom. The number of benzene rings is 12. The largest absolute Gasteiger partial charge is 0.573 e. The third-order valence-electron chi connectivity index (χ3n) is 24.4. The van der Waals surface area contributed by atoms with E-state index in [1.165, 1.54) is 115 Å². The molecule has 0 fully saturated rings. The number of rotatable bonds is 13. The van der Waals surface area contributed by atoms with E-state index >= 15 is 0 Å². The molecule has 0 unspecified atom stereocenters. The molecule has 4 aliphatic rings. The summed E-state index contributed by atoms with van der Waals surface area (Å²) in [7, 11) is 0. The fourth-order valence-corrected chi connectivity index (χ4v) is 18.6. The van der Waals surface area contributed by atoms with Gasteiger partial charge in [-0.05, 0) is 267 Å². The normalized spacial score (nSPS) is 13.3. The predicted molar refractivity (Wildman–Crippen MR) is 539 cm³/mol. The van der Waals surface area contributed by atoms with Crippen molar-refractivity contribution < 1.29 is 17.9 Å². The molecule has 4 aliphatic carbocycles. The quantitative estimate of drug-likeness (QED) is 0.0764. The standard InChI is InChI=1S/C62H25F3N10O.C58H22N12/c1-34-6-12-42(13-7-34)53-54(48(32-70)43-25-45(72-2)27-46(26-43)73-3)56-51(40-14-8-35(28-66)9-15-40)55-49(33-71)50(39-18-20-47(21-19-39)76-62(63,64)65)58(60(74-4)44-23-37(30-68)22-38(24-44)31-69)57(55)52(59(56)61(53)75-5)41-16-10-36(29-67)11-17-41;1-65-41-24-39(25-42(26-41)66-2)43(31-63)50-52(46-10-6-8-20-70-46)58(68-4)55-48(38-17-13-34(28-60)14-18-38)54-51(47(53(50)55)37-15-11-33(27-59)12-16-37)44(32-64)49(45-9-5-7-19-69-45)56(54)57(67-3)40-22-35(29-61)21-36(23-40)30-62/h6-27H,1H3;5-26H/b54-48+,60-58-;50-43+,57-56-. The molecule has 0 radical (unpaired) electrons. The van der Waals surface area contributed by atoms with Crippen LogP contribution in [0.25, 0.3) is 173 Å². The minimum Gasteiger partial charge on any atom is -0.406 e. The molecule has 2 heterocycles. The summed E-state index contributed by atoms with van der Waals surface area (Å²) in [5.41, 5.74) is 9.20. The minimum atomic E-state index is -5.07. The maximum atomic E-state index is 13.6. The molecule has 18 rings (SSSR count). The number of aromatic nitrogens is 2. The number of halogens is 3. The van der Waals surface area contributed by atoms with Crippen LogP contribution in [0.1, 0.15) is 139 Å². The summed E-state index contributed by atoms with van der Waals surface area (Å²) in [4.78, 5) is 40.5. The fraction of sp³-hybridized carbons (Fsp3) is 0.0167. The smallest absolute Gasteiger partial charge is 0.406 e. The van der Waals surface area contributed by atoms with E-state index in [1.54, 1.807) is 128 Å². The van der Waals surface area contributed by atoms with Crippen molar-refractivity contribution in [1.82, 2.24) is 9.97 Å². The number of ether oxygens (including phenoxy) is 1. The maximum absolute atomic E-state index is 13.6. The van der Waals surface area contributed by atoms with Gasteiger partial charge in [0.2, 0.25) is 22.8 Å². The van der Waals surface area contributed by atoms with Gasteiger partial charge in [0.1, 0.15) is 30.0 Å². The van der Waals surface area contributed by atoms with Gasteiger partial charge >= 0.3 is 6.36 Å². The highest BCUT2D eigenvalue weighted by atomic mass is 19.4. The predicted octanol–water partition coefficient (Wildman–Crippen LogP) is 28.2. The van der Waals surface area contributed by atoms with Crippen LogP contribution in [0.2, 0.25) is 0 Å². The van der Waals surface area contributed by atoms with Crippen LogP contribution in [0.3, 0.4) is 0 Å². The van der Waals surface area contributed by atoms with E-state index in [1.807, 2.05) is 31.2 Å². The summed E-state index contributed by atoms with van der Waals surface area (Å²) >= 11 is 0. The van der Waals surface area contributed by atoms with Crippen molar-refractivity contribution in [1.29, 1.82) is 63.1 Å². The molecule has 0 saturated heterocycles. The number of alkyl halides is 3. The van der Waals surface area contributed by atoms with E-state index in [2.05, 4.69) is 104 Å². The maximum Gasteiger partial charge on any atom is 0.573 e. The van der Waals surface area contributed by atoms with Crippen LogP contribution in [0.5, 0.6) is 5.75 Å². The van der Waals surface area contributed by atoms with Crippen LogP contribution in [0.15, 0.2) is 267 Å². The zero-order valence-electron chi connectivity index (χ0n) is 75.3. The lowest BCUT2D eigenvalue weighted by Gasteiger charge is -2.25. The highest BCUT2D eigenvalue weighted by molar-refractivity contribution is 6.41. The van der Waals surface area contributed by atoms with Gasteiger partial charge in [-0.25, -0.2) is 38.8 Å². The Labute approximate surface area is 832 Å². The number of aryl methyl sites for hydroxylation is 1. The lowest BCUT2D eigenvalue weighted by molar-refractivity contribution is -0.274. The van der Waals surface area contributed by atoms with Gasteiger partial charge in [-0.15, -0.1) is 13.2 Å². The Morgan fingerprint density at radius 1 is 0.281 bits per heavy atom. The van der Waals surface area contributed by atoms with Gasteiger partial charge in [0.15, 0.2) is 22.7 Å². The van der Waals surface area contributed by atoms with Gasteiger partial charge in [-0.3, -0.25) is 9.97 Å². The Balaban J connectivity index is 0.000000200. The molecule has 146 heavy (non-hydrogen) atoms. The van der Waals surface area contributed by atoms with Crippen LogP contribution in [-0.2, 0) is 0 Å². The molecule has 26 heteroatoms. The van der Waals surface area contributed by atoms with Gasteiger partial charge in [-0.2, -0.15) is 63.1 Å². The average Bonchev–Trinajstić information content (AvgIpc) is 1.52. The summed E-state index contributed by atoms with van der Waals surface area (Å²) in [6, 6.07) is 91.1. The molecule has 0 spiro atoms. The van der Waals surface area contributed by atoms with Crippen molar-refractivity contribution in [2.45, 2.75) is 13.3 Å². The molecule has 664 valence electrons. The van der Waals surface area contributed by atoms with Gasteiger partial charge in [-0.1, -0.05) is 139 Å². The topological polar surface area (TPSA) is 355 Å². The number of nitriles is 12. The van der Waals surface area contributed by atoms with E-state index in [9.17, 15) is 82.9 Å². The van der Waals surface area contributed by atoms with Gasteiger partial charge in [0.05, 0.1) is 179 Å². The highest BCUT2D eigenvalue weighted by Gasteiger charge is 2.48. The Hall–Kier alpha value is -23.7. The molecule has 0 amide bonds. The van der Waals surface area contributed by atoms with E-state index in [0.29, 0.717) is 61.2 Å². The number of allylic oxidation sites excluding steroid dienone is 12. The average molecular weight is 1870 g/mol. The summed E-state index contributed by atoms with van der Waals surface area (Å²) in [6.45, 7) is 69.8. The second kappa shape index (κ2) is 39.3. The molecule has 0 N–H and O–H groups in total. The molecule has 0 saturated carbocycles. The SMILES string of the molecule is [C-]#[N+]C1=C(c2ccc(C)cc2)/C(=C(/C#N)c2cc([N+]#[C-])cc([N+]#[C-])c2)c2c1c(-c1ccc(C#N)cc1)c1c(c2-c2ccc(C#N)cc2)C(C#N)=C(c2ccc(OC(F)(F)F)cc2)/C1=C(/[N+]#[C-])c1cc(C#N)cc(C#N)c1.[C-]#[N+]C1=C(c2ccccn2)/C(=C(/C#N)c2cc([N+]#[C-])cc([N+]#[C-])c2)c2c1c(-c1ccc(C#N)cc1)c1c(c2-c2ccc(C#N)cc2)C(C#N)=C(c2ccccn2)/C1=C(/[N+]#[C-])c1cc(C#N)cc(C#N)c1. The lowest BCUT2D eigenvalue weighted by Crippen LogP contribution is -2.17. The van der Waals surface area contributed by atoms with Crippen LogP contribution < -0.4 is 4.74 Å². The molecule has 2 aromatic heterocycles. The number of hydrogen-bond acceptors (Lipinski definition) is 15. The molecular weight excluding hydrogens is 1820 g/mol. The van der Waals surface area contributed by atoms with Crippen molar-refractivity contribution in [2.24, 2.45) is 0 Å². The van der Waals surface area contributed by atoms with Crippen molar-refractivity contribution in [2.75, 3.05) is 0 Å². The van der Waals surface area contributed by atoms with E-state index in [-0.39, 0.29) is 230 Å². The van der Waals surface area contributed by atoms with Crippen LogP contribution in [-0.4, -0.2) is 16.3 Å². The van der Waals surface area contributed by atoms with Gasteiger partial charge in [0.25, 0.3) is 0 Å². The molecule has 14 aromatic rings. The van der Waals surface area contributed by atoms with E-state index < -0.39 is 12.1 Å². The molecule has 0 bridgehead atoms. The van der Waals surface area contributed by atoms with Crippen LogP contribution >= 0.6 is 0 Å². The first kappa shape index (κ1) is 94.0. The highest BCUT2D eigenvalue weighted by Crippen LogP contribution is 2.67. The molecular formula is C120H47F3N22O. The Morgan fingerprint density at radius 2 is 0.589 bits per heavy atom. The first-order valence-electron chi connectivity index (χ1n) is 43.1. The first-order valence-corrected chi connectivity index (χ1v) is 43.1. The number of hydrogen-bond donors (Lipinski definition) is 0. The fourth-order valence-electron chi connectivity index (χ4n) is 18.6.